The summed E-state index contributed by atoms with van der Waals surface area (Å²) in [5.41, 5.74) is 2.17. The molecule has 0 fully saturated rings. The van der Waals surface area contributed by atoms with Gasteiger partial charge in [-0.05, 0) is 50.1 Å². The molecule has 0 saturated carbocycles. The van der Waals surface area contributed by atoms with E-state index in [1.807, 2.05) is 36.7 Å². The second-order valence-electron chi connectivity index (χ2n) is 7.51. The van der Waals surface area contributed by atoms with Crippen LogP contribution in [0.15, 0.2) is 66.1 Å². The molecule has 0 radical (unpaired) electrons. The molecule has 3 aromatic rings. The molecular weight excluding hydrogens is 428 g/mol. The zero-order valence-corrected chi connectivity index (χ0v) is 19.3. The van der Waals surface area contributed by atoms with E-state index in [2.05, 4.69) is 10.3 Å². The fraction of sp³-hybridized carbons (Fsp3) is 0.304. The highest BCUT2D eigenvalue weighted by molar-refractivity contribution is 7.93. The fourth-order valence-electron chi connectivity index (χ4n) is 3.23. The first-order valence-electron chi connectivity index (χ1n) is 10.3. The number of amides is 1. The summed E-state index contributed by atoms with van der Waals surface area (Å²) in [5.74, 6) is -0.153. The van der Waals surface area contributed by atoms with Gasteiger partial charge >= 0.3 is 0 Å². The Balaban J connectivity index is 1.81. The molecular formula is C23H28N4O4S. The van der Waals surface area contributed by atoms with Crippen molar-refractivity contribution in [1.82, 2.24) is 14.9 Å². The van der Waals surface area contributed by atoms with E-state index < -0.39 is 10.0 Å². The number of imidazole rings is 1. The minimum atomic E-state index is -4.06. The van der Waals surface area contributed by atoms with Crippen molar-refractivity contribution in [3.63, 3.8) is 0 Å². The zero-order chi connectivity index (χ0) is 23.1. The average molecular weight is 457 g/mol. The van der Waals surface area contributed by atoms with E-state index in [0.717, 1.165) is 15.4 Å². The van der Waals surface area contributed by atoms with Gasteiger partial charge in [-0.25, -0.2) is 13.4 Å². The summed E-state index contributed by atoms with van der Waals surface area (Å²) in [6.45, 7) is 4.52. The first-order valence-corrected chi connectivity index (χ1v) is 11.7. The van der Waals surface area contributed by atoms with Crippen molar-refractivity contribution in [2.45, 2.75) is 31.7 Å². The van der Waals surface area contributed by atoms with Crippen molar-refractivity contribution in [1.29, 1.82) is 0 Å². The van der Waals surface area contributed by atoms with Crippen molar-refractivity contribution in [3.8, 4) is 5.75 Å². The number of anilines is 1. The van der Waals surface area contributed by atoms with Gasteiger partial charge < -0.3 is 14.6 Å². The molecule has 0 bridgehead atoms. The van der Waals surface area contributed by atoms with Gasteiger partial charge in [0.15, 0.2) is 0 Å². The van der Waals surface area contributed by atoms with Gasteiger partial charge in [0, 0.05) is 25.5 Å². The topological polar surface area (TPSA) is 93.5 Å². The summed E-state index contributed by atoms with van der Waals surface area (Å²) >= 11 is 0. The molecule has 1 heterocycles. The Morgan fingerprint density at radius 1 is 1.12 bits per heavy atom. The molecule has 1 N–H and O–H groups in total. The number of carbonyl (C=O) groups excluding carboxylic acids is 1. The number of ether oxygens (including phenoxy) is 1. The number of sulfonamides is 1. The number of nitrogens with zero attached hydrogens (tertiary/aromatic N) is 3. The number of rotatable bonds is 10. The monoisotopic (exact) mass is 456 g/mol. The van der Waals surface area contributed by atoms with Gasteiger partial charge in [0.25, 0.3) is 10.0 Å². The second kappa shape index (κ2) is 10.3. The van der Waals surface area contributed by atoms with Crippen LogP contribution in [0.4, 0.5) is 5.69 Å². The molecule has 0 spiro atoms. The van der Waals surface area contributed by atoms with Crippen molar-refractivity contribution >= 4 is 21.6 Å². The number of benzene rings is 2. The highest BCUT2D eigenvalue weighted by Gasteiger charge is 2.30. The van der Waals surface area contributed by atoms with Crippen LogP contribution >= 0.6 is 0 Å². The third-order valence-corrected chi connectivity index (χ3v) is 6.77. The van der Waals surface area contributed by atoms with Crippen LogP contribution in [-0.4, -0.2) is 44.1 Å². The van der Waals surface area contributed by atoms with Crippen LogP contribution in [0, 0.1) is 13.8 Å². The largest absolute Gasteiger partial charge is 0.495 e. The number of aryl methyl sites for hydroxylation is 3. The van der Waals surface area contributed by atoms with Gasteiger partial charge in [0.05, 0.1) is 19.1 Å². The second-order valence-corrected chi connectivity index (χ2v) is 9.34. The van der Waals surface area contributed by atoms with Crippen molar-refractivity contribution in [2.75, 3.05) is 24.5 Å². The molecule has 170 valence electrons. The Morgan fingerprint density at radius 3 is 2.50 bits per heavy atom. The summed E-state index contributed by atoms with van der Waals surface area (Å²) in [6, 6.07) is 12.0. The molecule has 0 saturated heterocycles. The predicted octanol–water partition coefficient (Wildman–Crippen LogP) is 2.91. The maximum absolute atomic E-state index is 13.6. The van der Waals surface area contributed by atoms with Crippen LogP contribution in [0.1, 0.15) is 17.5 Å². The van der Waals surface area contributed by atoms with E-state index in [0.29, 0.717) is 25.2 Å². The van der Waals surface area contributed by atoms with E-state index in [1.165, 1.54) is 7.11 Å². The number of hydrogen-bond acceptors (Lipinski definition) is 5. The molecule has 2 aromatic carbocycles. The minimum Gasteiger partial charge on any atom is -0.495 e. The van der Waals surface area contributed by atoms with Crippen LogP contribution in [0.3, 0.4) is 0 Å². The van der Waals surface area contributed by atoms with Gasteiger partial charge in [-0.1, -0.05) is 23.8 Å². The molecule has 3 rings (SSSR count). The van der Waals surface area contributed by atoms with Crippen LogP contribution in [0.5, 0.6) is 5.75 Å². The van der Waals surface area contributed by atoms with Gasteiger partial charge in [-0.15, -0.1) is 0 Å². The normalized spacial score (nSPS) is 11.2. The molecule has 1 aromatic heterocycles. The zero-order valence-electron chi connectivity index (χ0n) is 18.5. The minimum absolute atomic E-state index is 0.0217. The molecule has 1 amide bonds. The molecule has 0 unspecified atom stereocenters. The Morgan fingerprint density at radius 2 is 1.84 bits per heavy atom. The summed E-state index contributed by atoms with van der Waals surface area (Å²) < 4.78 is 35.6. The summed E-state index contributed by atoms with van der Waals surface area (Å²) in [7, 11) is -2.63. The SMILES string of the molecule is COc1ccc(C)cc1S(=O)(=O)N(CC(=O)NCCCn1ccnc1)c1ccc(C)cc1. The lowest BCUT2D eigenvalue weighted by Gasteiger charge is -2.25. The molecule has 0 aliphatic rings. The van der Waals surface area contributed by atoms with Crippen LogP contribution < -0.4 is 14.4 Å². The quantitative estimate of drug-likeness (QED) is 0.474. The first kappa shape index (κ1) is 23.3. The lowest BCUT2D eigenvalue weighted by molar-refractivity contribution is -0.119. The fourth-order valence-corrected chi connectivity index (χ4v) is 4.89. The van der Waals surface area contributed by atoms with E-state index in [4.69, 9.17) is 4.74 Å². The van der Waals surface area contributed by atoms with Gasteiger partial charge in [0.1, 0.15) is 17.2 Å². The van der Waals surface area contributed by atoms with Crippen LogP contribution in [0.2, 0.25) is 0 Å². The highest BCUT2D eigenvalue weighted by atomic mass is 32.2. The first-order chi connectivity index (χ1) is 15.3. The van der Waals surface area contributed by atoms with E-state index in [9.17, 15) is 13.2 Å². The van der Waals surface area contributed by atoms with Gasteiger partial charge in [-0.3, -0.25) is 9.10 Å². The van der Waals surface area contributed by atoms with Gasteiger partial charge in [0.2, 0.25) is 5.91 Å². The molecule has 0 atom stereocenters. The third-order valence-electron chi connectivity index (χ3n) is 4.97. The Hall–Kier alpha value is -3.33. The summed E-state index contributed by atoms with van der Waals surface area (Å²) in [6.07, 6.45) is 5.96. The van der Waals surface area contributed by atoms with E-state index >= 15 is 0 Å². The van der Waals surface area contributed by atoms with Crippen LogP contribution in [0.25, 0.3) is 0 Å². The molecule has 32 heavy (non-hydrogen) atoms. The predicted molar refractivity (Wildman–Crippen MR) is 123 cm³/mol. The van der Waals surface area contributed by atoms with Crippen molar-refractivity contribution < 1.29 is 17.9 Å². The number of aromatic nitrogens is 2. The maximum Gasteiger partial charge on any atom is 0.268 e. The Kier molecular flexibility index (Phi) is 7.53. The molecule has 0 aliphatic heterocycles. The molecule has 9 heteroatoms. The lowest BCUT2D eigenvalue weighted by Crippen LogP contribution is -2.41. The summed E-state index contributed by atoms with van der Waals surface area (Å²) in [4.78, 5) is 16.7. The summed E-state index contributed by atoms with van der Waals surface area (Å²) in [5, 5.41) is 2.81. The third kappa shape index (κ3) is 5.67. The maximum atomic E-state index is 13.6. The Bertz CT molecular complexity index is 1140. The number of hydrogen-bond donors (Lipinski definition) is 1. The average Bonchev–Trinajstić information content (AvgIpc) is 3.29. The number of nitrogens with one attached hydrogen (secondary N) is 1. The molecule has 0 aliphatic carbocycles. The van der Waals surface area contributed by atoms with Crippen molar-refractivity contribution in [2.24, 2.45) is 0 Å². The standard InChI is InChI=1S/C23H28N4O4S/c1-18-5-8-20(9-6-18)27(16-23(28)25-11-4-13-26-14-12-24-17-26)32(29,30)22-15-19(2)7-10-21(22)31-3/h5-10,12,14-15,17H,4,11,13,16H2,1-3H3,(H,25,28). The smallest absolute Gasteiger partial charge is 0.268 e. The lowest BCUT2D eigenvalue weighted by atomic mass is 10.2. The number of carbonyl (C=O) groups is 1. The van der Waals surface area contributed by atoms with Crippen molar-refractivity contribution in [3.05, 3.63) is 72.3 Å². The van der Waals surface area contributed by atoms with Gasteiger partial charge in [-0.2, -0.15) is 0 Å². The Labute approximate surface area is 188 Å². The highest BCUT2D eigenvalue weighted by Crippen LogP contribution is 2.30. The van der Waals surface area contributed by atoms with Crippen LogP contribution in [-0.2, 0) is 21.4 Å². The van der Waals surface area contributed by atoms with E-state index in [1.54, 1.807) is 42.9 Å². The molecule has 8 nitrogen and oxygen atoms in total. The number of methoxy groups -OCH3 is 1. The van der Waals surface area contributed by atoms with E-state index in [-0.39, 0.29) is 23.1 Å².